The van der Waals surface area contributed by atoms with Gasteiger partial charge in [0.15, 0.2) is 0 Å². The van der Waals surface area contributed by atoms with Crippen molar-refractivity contribution in [3.63, 3.8) is 0 Å². The summed E-state index contributed by atoms with van der Waals surface area (Å²) in [6.07, 6.45) is 2.22. The lowest BCUT2D eigenvalue weighted by atomic mass is 10.0. The fourth-order valence-corrected chi connectivity index (χ4v) is 4.27. The van der Waals surface area contributed by atoms with Crippen LogP contribution in [0.5, 0.6) is 0 Å². The van der Waals surface area contributed by atoms with Gasteiger partial charge in [-0.15, -0.1) is 0 Å². The number of anilines is 4. The number of para-hydroxylation sites is 1. The molecule has 35 heavy (non-hydrogen) atoms. The van der Waals surface area contributed by atoms with Gasteiger partial charge in [0.1, 0.15) is 17.3 Å². The molecular weight excluding hydrogens is 468 g/mol. The summed E-state index contributed by atoms with van der Waals surface area (Å²) in [5.74, 6) is 4.93. The van der Waals surface area contributed by atoms with Gasteiger partial charge in [0, 0.05) is 34.6 Å². The van der Waals surface area contributed by atoms with E-state index in [-0.39, 0.29) is 12.2 Å². The number of nitrogens with zero attached hydrogens (tertiary/aromatic N) is 3. The van der Waals surface area contributed by atoms with Gasteiger partial charge in [-0.05, 0) is 60.5 Å². The van der Waals surface area contributed by atoms with Crippen molar-refractivity contribution in [1.82, 2.24) is 9.97 Å². The summed E-state index contributed by atoms with van der Waals surface area (Å²) >= 11 is 6.30. The van der Waals surface area contributed by atoms with E-state index in [2.05, 4.69) is 22.1 Å². The lowest BCUT2D eigenvalue weighted by Gasteiger charge is -2.26. The van der Waals surface area contributed by atoms with Crippen molar-refractivity contribution in [2.45, 2.75) is 6.42 Å². The lowest BCUT2D eigenvalue weighted by molar-refractivity contribution is 0.580. The molecule has 0 radical (unpaired) electrons. The van der Waals surface area contributed by atoms with E-state index in [4.69, 9.17) is 22.3 Å². The summed E-state index contributed by atoms with van der Waals surface area (Å²) in [6.45, 7) is 0.610. The second-order valence-corrected chi connectivity index (χ2v) is 8.35. The van der Waals surface area contributed by atoms with Crippen LogP contribution >= 0.6 is 11.6 Å². The van der Waals surface area contributed by atoms with Gasteiger partial charge >= 0.3 is 0 Å². The Balaban J connectivity index is 1.57. The van der Waals surface area contributed by atoms with Gasteiger partial charge < -0.3 is 16.0 Å². The topological polar surface area (TPSA) is 67.1 Å². The molecule has 1 aliphatic rings. The molecule has 0 saturated carbocycles. The molecule has 0 unspecified atom stereocenters. The number of halogens is 3. The molecule has 0 spiro atoms. The van der Waals surface area contributed by atoms with Crippen molar-refractivity contribution < 1.29 is 8.78 Å². The van der Waals surface area contributed by atoms with Crippen molar-refractivity contribution >= 4 is 34.6 Å². The minimum absolute atomic E-state index is 0.120. The predicted molar refractivity (Wildman–Crippen MR) is 135 cm³/mol. The Kier molecular flexibility index (Phi) is 6.32. The standard InChI is InChI=1S/C27H20ClF2N5/c28-19-9-10-21-24(15-19)35(26-22(29)7-2-8-23(26)30)13-11-18-16-32-27(34-25(18)21)33-20-6-1-4-17(14-20)5-3-12-31/h1-2,4,6-10,14-16H,11-13,31H2,(H,32,33,34). The molecule has 4 aromatic rings. The number of benzene rings is 3. The number of hydrogen-bond donors (Lipinski definition) is 2. The number of rotatable bonds is 3. The Morgan fingerprint density at radius 2 is 1.86 bits per heavy atom. The van der Waals surface area contributed by atoms with E-state index < -0.39 is 11.6 Å². The van der Waals surface area contributed by atoms with E-state index in [1.807, 2.05) is 30.3 Å². The molecular formula is C27H20ClF2N5. The summed E-state index contributed by atoms with van der Waals surface area (Å²) in [5, 5.41) is 3.67. The van der Waals surface area contributed by atoms with Crippen LogP contribution in [0.4, 0.5) is 31.8 Å². The zero-order chi connectivity index (χ0) is 24.4. The highest BCUT2D eigenvalue weighted by molar-refractivity contribution is 6.31. The van der Waals surface area contributed by atoms with Gasteiger partial charge in [-0.2, -0.15) is 0 Å². The van der Waals surface area contributed by atoms with Gasteiger partial charge in [-0.1, -0.05) is 35.6 Å². The van der Waals surface area contributed by atoms with E-state index >= 15 is 0 Å². The van der Waals surface area contributed by atoms with Crippen LogP contribution < -0.4 is 16.0 Å². The van der Waals surface area contributed by atoms with E-state index in [0.717, 1.165) is 16.8 Å². The smallest absolute Gasteiger partial charge is 0.227 e. The first kappa shape index (κ1) is 22.8. The van der Waals surface area contributed by atoms with Crippen molar-refractivity contribution in [1.29, 1.82) is 0 Å². The third-order valence-corrected chi connectivity index (χ3v) is 5.87. The van der Waals surface area contributed by atoms with Gasteiger partial charge in [-0.3, -0.25) is 0 Å². The second-order valence-electron chi connectivity index (χ2n) is 7.91. The SMILES string of the molecule is NCC#Cc1cccc(Nc2ncc3c(n2)-c2ccc(Cl)cc2N(c2c(F)cccc2F)CC3)c1. The number of aromatic nitrogens is 2. The lowest BCUT2D eigenvalue weighted by Crippen LogP contribution is -2.21. The molecule has 0 fully saturated rings. The Bertz CT molecular complexity index is 1460. The van der Waals surface area contributed by atoms with E-state index in [1.165, 1.54) is 18.2 Å². The van der Waals surface area contributed by atoms with Crippen LogP contribution in [-0.2, 0) is 6.42 Å². The summed E-state index contributed by atoms with van der Waals surface area (Å²) in [6, 6.07) is 16.6. The largest absolute Gasteiger partial charge is 0.336 e. The van der Waals surface area contributed by atoms with Gasteiger partial charge in [0.2, 0.25) is 5.95 Å². The van der Waals surface area contributed by atoms with E-state index in [9.17, 15) is 8.78 Å². The van der Waals surface area contributed by atoms with Crippen LogP contribution in [0.15, 0.2) is 66.9 Å². The number of nitrogens with one attached hydrogen (secondary N) is 1. The molecule has 0 atom stereocenters. The van der Waals surface area contributed by atoms with Crippen LogP contribution in [0, 0.1) is 23.5 Å². The normalized spacial score (nSPS) is 12.2. The summed E-state index contributed by atoms with van der Waals surface area (Å²) < 4.78 is 29.5. The maximum Gasteiger partial charge on any atom is 0.227 e. The average Bonchev–Trinajstić information content (AvgIpc) is 3.00. The average molecular weight is 488 g/mol. The van der Waals surface area contributed by atoms with Crippen LogP contribution in [0.3, 0.4) is 0 Å². The molecule has 1 aromatic heterocycles. The molecule has 5 nitrogen and oxygen atoms in total. The Labute approximate surface area is 206 Å². The highest BCUT2D eigenvalue weighted by Crippen LogP contribution is 2.42. The van der Waals surface area contributed by atoms with Crippen molar-refractivity contribution in [2.24, 2.45) is 5.73 Å². The van der Waals surface area contributed by atoms with Crippen LogP contribution in [-0.4, -0.2) is 23.1 Å². The monoisotopic (exact) mass is 487 g/mol. The quantitative estimate of drug-likeness (QED) is 0.356. The zero-order valence-corrected chi connectivity index (χ0v) is 19.3. The molecule has 3 aromatic carbocycles. The fraction of sp³-hybridized carbons (Fsp3) is 0.111. The van der Waals surface area contributed by atoms with Crippen molar-refractivity contribution in [3.05, 3.63) is 94.6 Å². The maximum atomic E-state index is 14.7. The number of hydrogen-bond acceptors (Lipinski definition) is 5. The molecule has 0 bridgehead atoms. The fourth-order valence-electron chi connectivity index (χ4n) is 4.10. The summed E-state index contributed by atoms with van der Waals surface area (Å²) in [4.78, 5) is 10.9. The first-order valence-electron chi connectivity index (χ1n) is 11.0. The molecule has 0 amide bonds. The summed E-state index contributed by atoms with van der Waals surface area (Å²) in [7, 11) is 0. The van der Waals surface area contributed by atoms with Crippen molar-refractivity contribution in [2.75, 3.05) is 23.3 Å². The third kappa shape index (κ3) is 4.67. The molecule has 3 N–H and O–H groups in total. The minimum atomic E-state index is -0.645. The highest BCUT2D eigenvalue weighted by Gasteiger charge is 2.26. The van der Waals surface area contributed by atoms with Crippen LogP contribution in [0.2, 0.25) is 5.02 Å². The molecule has 2 heterocycles. The van der Waals surface area contributed by atoms with Gasteiger partial charge in [0.05, 0.1) is 17.9 Å². The predicted octanol–water partition coefficient (Wildman–Crippen LogP) is 5.82. The Morgan fingerprint density at radius 3 is 2.66 bits per heavy atom. The molecule has 0 aliphatic carbocycles. The molecule has 1 aliphatic heterocycles. The maximum absolute atomic E-state index is 14.7. The van der Waals surface area contributed by atoms with Crippen LogP contribution in [0.1, 0.15) is 11.1 Å². The number of fused-ring (bicyclic) bond motifs is 3. The zero-order valence-electron chi connectivity index (χ0n) is 18.5. The molecule has 8 heteroatoms. The summed E-state index contributed by atoms with van der Waals surface area (Å²) in [5.41, 5.74) is 9.75. The second kappa shape index (κ2) is 9.71. The van der Waals surface area contributed by atoms with Gasteiger partial charge in [0.25, 0.3) is 0 Å². The Morgan fingerprint density at radius 1 is 1.06 bits per heavy atom. The van der Waals surface area contributed by atoms with E-state index in [0.29, 0.717) is 40.9 Å². The molecule has 5 rings (SSSR count). The highest BCUT2D eigenvalue weighted by atomic mass is 35.5. The van der Waals surface area contributed by atoms with Gasteiger partial charge in [-0.25, -0.2) is 18.7 Å². The molecule has 174 valence electrons. The van der Waals surface area contributed by atoms with Crippen LogP contribution in [0.25, 0.3) is 11.3 Å². The third-order valence-electron chi connectivity index (χ3n) is 5.64. The Hall–Kier alpha value is -3.99. The van der Waals surface area contributed by atoms with Crippen molar-refractivity contribution in [3.8, 4) is 23.1 Å². The first-order chi connectivity index (χ1) is 17.0. The van der Waals surface area contributed by atoms with E-state index in [1.54, 1.807) is 23.2 Å². The molecule has 0 saturated heterocycles. The minimum Gasteiger partial charge on any atom is -0.336 e. The first-order valence-corrected chi connectivity index (χ1v) is 11.3. The number of nitrogens with two attached hydrogens (primary N) is 1.